The lowest BCUT2D eigenvalue weighted by atomic mass is 9.91. The third kappa shape index (κ3) is 7.52. The van der Waals surface area contributed by atoms with E-state index < -0.39 is 17.7 Å². The molecule has 0 saturated carbocycles. The molecule has 4 amide bonds. The van der Waals surface area contributed by atoms with Crippen molar-refractivity contribution in [2.45, 2.75) is 63.3 Å². The van der Waals surface area contributed by atoms with Crippen molar-refractivity contribution >= 4 is 52.2 Å². The van der Waals surface area contributed by atoms with E-state index in [-0.39, 0.29) is 53.0 Å². The smallest absolute Gasteiger partial charge is 0.386 e. The number of likely N-dealkylation sites (tertiary alicyclic amines) is 2. The number of nitrogens with zero attached hydrogens (tertiary/aromatic N) is 4. The number of hydrogen-bond acceptors (Lipinski definition) is 6. The molecule has 2 N–H and O–H groups in total. The second-order valence-electron chi connectivity index (χ2n) is 12.4. The highest BCUT2D eigenvalue weighted by Gasteiger charge is 2.38. The molecule has 1 aromatic heterocycles. The number of halogens is 4. The zero-order valence-corrected chi connectivity index (χ0v) is 27.3. The van der Waals surface area contributed by atoms with Crippen LogP contribution >= 0.6 is 22.9 Å². The Hall–Kier alpha value is -3.03. The fourth-order valence-corrected chi connectivity index (χ4v) is 7.83. The number of urea groups is 1. The number of hydrogen-bond donors (Lipinski definition) is 2. The van der Waals surface area contributed by atoms with Crippen LogP contribution in [0.25, 0.3) is 0 Å². The summed E-state index contributed by atoms with van der Waals surface area (Å²) in [5.41, 5.74) is 1.04. The first-order valence-corrected chi connectivity index (χ1v) is 16.6. The molecule has 14 heteroatoms. The van der Waals surface area contributed by atoms with E-state index in [1.165, 1.54) is 13.1 Å². The average molecular weight is 669 g/mol. The van der Waals surface area contributed by atoms with Gasteiger partial charge in [0.25, 0.3) is 0 Å². The summed E-state index contributed by atoms with van der Waals surface area (Å²) in [6, 6.07) is 2.64. The maximum absolute atomic E-state index is 13.9. The van der Waals surface area contributed by atoms with Gasteiger partial charge < -0.3 is 30.2 Å². The lowest BCUT2D eigenvalue weighted by Crippen LogP contribution is -2.51. The van der Waals surface area contributed by atoms with Crippen molar-refractivity contribution < 1.29 is 27.6 Å². The van der Waals surface area contributed by atoms with Crippen molar-refractivity contribution in [1.82, 2.24) is 19.6 Å². The lowest BCUT2D eigenvalue weighted by molar-refractivity contribution is -0.143. The van der Waals surface area contributed by atoms with Crippen molar-refractivity contribution in [3.63, 3.8) is 0 Å². The Morgan fingerprint density at radius 3 is 2.38 bits per heavy atom. The molecule has 0 aliphatic carbocycles. The van der Waals surface area contributed by atoms with Crippen LogP contribution in [0.1, 0.15) is 48.8 Å². The van der Waals surface area contributed by atoms with Crippen LogP contribution in [0.2, 0.25) is 5.02 Å². The second kappa shape index (κ2) is 13.8. The van der Waals surface area contributed by atoms with E-state index in [0.29, 0.717) is 51.6 Å². The molecular weight excluding hydrogens is 629 g/mol. The molecule has 0 spiro atoms. The minimum Gasteiger partial charge on any atom is -0.386 e. The van der Waals surface area contributed by atoms with Gasteiger partial charge >= 0.3 is 12.2 Å². The molecule has 2 aromatic rings. The van der Waals surface area contributed by atoms with Crippen molar-refractivity contribution in [2.24, 2.45) is 5.92 Å². The van der Waals surface area contributed by atoms with E-state index in [0.717, 1.165) is 30.2 Å². The molecular formula is C31H40ClF3N6O3S. The summed E-state index contributed by atoms with van der Waals surface area (Å²) in [4.78, 5) is 47.7. The highest BCUT2D eigenvalue weighted by molar-refractivity contribution is 7.08. The Balaban J connectivity index is 1.29. The third-order valence-electron chi connectivity index (χ3n) is 9.31. The zero-order chi connectivity index (χ0) is 32.5. The molecule has 9 nitrogen and oxygen atoms in total. The minimum atomic E-state index is -4.65. The molecule has 2 fully saturated rings. The predicted molar refractivity (Wildman–Crippen MR) is 170 cm³/mol. The van der Waals surface area contributed by atoms with Crippen LogP contribution in [0.5, 0.6) is 0 Å². The highest BCUT2D eigenvalue weighted by Crippen LogP contribution is 2.40. The molecule has 246 valence electrons. The Labute approximate surface area is 270 Å². The fourth-order valence-electron chi connectivity index (χ4n) is 6.71. The van der Waals surface area contributed by atoms with Gasteiger partial charge in [-0.05, 0) is 69.3 Å². The molecule has 1 atom stereocenters. The summed E-state index contributed by atoms with van der Waals surface area (Å²) in [6.45, 7) is 2.43. The number of piperidine rings is 2. The summed E-state index contributed by atoms with van der Waals surface area (Å²) in [6.07, 6.45) is -2.04. The molecule has 1 aromatic carbocycles. The molecule has 0 bridgehead atoms. The maximum Gasteiger partial charge on any atom is 0.418 e. The minimum absolute atomic E-state index is 0.0221. The van der Waals surface area contributed by atoms with Gasteiger partial charge in [0.15, 0.2) is 0 Å². The average Bonchev–Trinajstić information content (AvgIpc) is 3.46. The van der Waals surface area contributed by atoms with Gasteiger partial charge in [-0.25, -0.2) is 4.79 Å². The van der Waals surface area contributed by atoms with Gasteiger partial charge in [0.2, 0.25) is 11.8 Å². The number of thiophene rings is 1. The number of fused-ring (bicyclic) bond motifs is 1. The van der Waals surface area contributed by atoms with Crippen LogP contribution in [-0.2, 0) is 28.7 Å². The monoisotopic (exact) mass is 668 g/mol. The van der Waals surface area contributed by atoms with E-state index in [1.54, 1.807) is 21.1 Å². The topological polar surface area (TPSA) is 88.2 Å². The first kappa shape index (κ1) is 33.3. The number of carbonyl (C=O) groups is 3. The van der Waals surface area contributed by atoms with Crippen LogP contribution in [0.4, 0.5) is 29.3 Å². The van der Waals surface area contributed by atoms with Crippen LogP contribution in [0.3, 0.4) is 0 Å². The molecule has 3 aliphatic rings. The Morgan fingerprint density at radius 1 is 1.09 bits per heavy atom. The standard InChI is InChI=1S/C31H40ClF3N6O3S/c1-36-28-24(31(33,34)35)13-19(14-25(28)32)12-20(29(43)40-10-4-22(5-11-40)38(2)3)15-27(42)39-8-6-23(7-9-39)41-16-21-17-45-18-26(21)37-30(41)44/h13-14,17-18,20,22-23,36H,4-12,15-16H2,1-3H3,(H,37,44)/t20-/m0/s1. The molecule has 0 radical (unpaired) electrons. The van der Waals surface area contributed by atoms with E-state index in [9.17, 15) is 27.6 Å². The first-order valence-electron chi connectivity index (χ1n) is 15.3. The summed E-state index contributed by atoms with van der Waals surface area (Å²) in [5.74, 6) is -1.28. The number of alkyl halides is 3. The number of carbonyl (C=O) groups excluding carboxylic acids is 3. The largest absolute Gasteiger partial charge is 0.418 e. The molecule has 0 unspecified atom stereocenters. The molecule has 2 saturated heterocycles. The maximum atomic E-state index is 13.9. The van der Waals surface area contributed by atoms with Crippen LogP contribution in [0, 0.1) is 5.92 Å². The summed E-state index contributed by atoms with van der Waals surface area (Å²) in [7, 11) is 5.38. The Bertz CT molecular complexity index is 1400. The van der Waals surface area contributed by atoms with Gasteiger partial charge in [-0.2, -0.15) is 13.2 Å². The van der Waals surface area contributed by atoms with E-state index in [4.69, 9.17) is 11.6 Å². The van der Waals surface area contributed by atoms with Crippen molar-refractivity contribution in [1.29, 1.82) is 0 Å². The number of benzene rings is 1. The van der Waals surface area contributed by atoms with Gasteiger partial charge in [0.1, 0.15) is 0 Å². The highest BCUT2D eigenvalue weighted by atomic mass is 35.5. The van der Waals surface area contributed by atoms with E-state index in [2.05, 4.69) is 15.5 Å². The zero-order valence-electron chi connectivity index (χ0n) is 25.8. The lowest BCUT2D eigenvalue weighted by Gasteiger charge is -2.40. The van der Waals surface area contributed by atoms with Crippen LogP contribution < -0.4 is 10.6 Å². The van der Waals surface area contributed by atoms with Crippen molar-refractivity contribution in [2.75, 3.05) is 58.0 Å². The number of amides is 4. The summed E-state index contributed by atoms with van der Waals surface area (Å²) in [5, 5.41) is 9.31. The fraction of sp³-hybridized carbons (Fsp3) is 0.581. The van der Waals surface area contributed by atoms with E-state index >= 15 is 0 Å². The quantitative estimate of drug-likeness (QED) is 0.383. The second-order valence-corrected chi connectivity index (χ2v) is 13.5. The predicted octanol–water partition coefficient (Wildman–Crippen LogP) is 5.60. The van der Waals surface area contributed by atoms with Crippen molar-refractivity contribution in [3.05, 3.63) is 44.6 Å². The number of anilines is 2. The van der Waals surface area contributed by atoms with Crippen molar-refractivity contribution in [3.8, 4) is 0 Å². The molecule has 45 heavy (non-hydrogen) atoms. The first-order chi connectivity index (χ1) is 21.3. The van der Waals surface area contributed by atoms with Gasteiger partial charge in [-0.1, -0.05) is 11.6 Å². The van der Waals surface area contributed by atoms with Gasteiger partial charge in [0.05, 0.1) is 34.4 Å². The summed E-state index contributed by atoms with van der Waals surface area (Å²) >= 11 is 7.81. The van der Waals surface area contributed by atoms with Gasteiger partial charge in [-0.3, -0.25) is 9.59 Å². The summed E-state index contributed by atoms with van der Waals surface area (Å²) < 4.78 is 41.8. The Morgan fingerprint density at radius 2 is 1.76 bits per heavy atom. The molecule has 4 heterocycles. The number of nitrogens with one attached hydrogen (secondary N) is 2. The van der Waals surface area contributed by atoms with Gasteiger partial charge in [-0.15, -0.1) is 11.3 Å². The van der Waals surface area contributed by atoms with Gasteiger partial charge in [0, 0.05) is 62.7 Å². The third-order valence-corrected chi connectivity index (χ3v) is 10.4. The Kier molecular flexibility index (Phi) is 10.2. The molecule has 5 rings (SSSR count). The molecule has 3 aliphatic heterocycles. The van der Waals surface area contributed by atoms with Crippen LogP contribution in [0.15, 0.2) is 22.9 Å². The number of rotatable bonds is 8. The van der Waals surface area contributed by atoms with Crippen LogP contribution in [-0.4, -0.2) is 96.9 Å². The normalized spacial score (nSPS) is 19.0. The SMILES string of the molecule is CNc1c(Cl)cc(C[C@@H](CC(=O)N2CCC(N3Cc4cscc4NC3=O)CC2)C(=O)N2CCC(N(C)C)CC2)cc1C(F)(F)F. The van der Waals surface area contributed by atoms with E-state index in [1.807, 2.05) is 29.8 Å².